The van der Waals surface area contributed by atoms with E-state index < -0.39 is 5.97 Å². The Balaban J connectivity index is 2.17. The highest BCUT2D eigenvalue weighted by Gasteiger charge is 2.30. The molecule has 21 heavy (non-hydrogen) atoms. The number of nitrogens with zero attached hydrogens (tertiary/aromatic N) is 2. The van der Waals surface area contributed by atoms with E-state index >= 15 is 0 Å². The molecule has 2 atom stereocenters. The van der Waals surface area contributed by atoms with E-state index in [1.165, 1.54) is 0 Å². The molecule has 3 rings (SSSR count). The van der Waals surface area contributed by atoms with Gasteiger partial charge in [0.2, 0.25) is 0 Å². The second-order valence-electron chi connectivity index (χ2n) is 5.23. The van der Waals surface area contributed by atoms with Gasteiger partial charge < -0.3 is 14.6 Å². The Bertz CT molecular complexity index is 735. The summed E-state index contributed by atoms with van der Waals surface area (Å²) in [5, 5.41) is 3.77. The first kappa shape index (κ1) is 13.6. The van der Waals surface area contributed by atoms with Crippen LogP contribution in [0.3, 0.4) is 0 Å². The monoisotopic (exact) mass is 287 g/mol. The van der Waals surface area contributed by atoms with Crippen LogP contribution in [0.2, 0.25) is 0 Å². The molecule has 0 radical (unpaired) electrons. The van der Waals surface area contributed by atoms with Gasteiger partial charge in [-0.2, -0.15) is 0 Å². The summed E-state index contributed by atoms with van der Waals surface area (Å²) in [7, 11) is 0. The first-order valence-electron chi connectivity index (χ1n) is 7.03. The molecule has 0 aromatic carbocycles. The maximum atomic E-state index is 12.1. The van der Waals surface area contributed by atoms with Crippen LogP contribution in [-0.4, -0.2) is 34.1 Å². The molecule has 6 nitrogen and oxygen atoms in total. The average molecular weight is 287 g/mol. The minimum absolute atomic E-state index is 0.00801. The Morgan fingerprint density at radius 1 is 1.43 bits per heavy atom. The summed E-state index contributed by atoms with van der Waals surface area (Å²) >= 11 is 0. The number of nitrogens with one attached hydrogen (secondary N) is 1. The number of esters is 1. The van der Waals surface area contributed by atoms with Crippen molar-refractivity contribution in [3.63, 3.8) is 0 Å². The van der Waals surface area contributed by atoms with Crippen molar-refractivity contribution in [1.82, 2.24) is 14.9 Å². The Morgan fingerprint density at radius 3 is 2.90 bits per heavy atom. The molecule has 0 aliphatic carbocycles. The van der Waals surface area contributed by atoms with Crippen LogP contribution >= 0.6 is 0 Å². The minimum atomic E-state index is -0.448. The number of hydrogen-bond donors (Lipinski definition) is 1. The highest BCUT2D eigenvalue weighted by atomic mass is 16.5. The Morgan fingerprint density at radius 2 is 2.19 bits per heavy atom. The lowest BCUT2D eigenvalue weighted by atomic mass is 10.1. The molecule has 3 heterocycles. The third-order valence-electron chi connectivity index (χ3n) is 3.89. The summed E-state index contributed by atoms with van der Waals surface area (Å²) in [4.78, 5) is 28.3. The van der Waals surface area contributed by atoms with Gasteiger partial charge in [-0.3, -0.25) is 4.79 Å². The second kappa shape index (κ2) is 4.87. The smallest absolute Gasteiger partial charge is 0.356 e. The molecule has 1 aliphatic heterocycles. The molecule has 0 spiro atoms. The molecule has 110 valence electrons. The highest BCUT2D eigenvalue weighted by molar-refractivity contribution is 6.00. The van der Waals surface area contributed by atoms with Gasteiger partial charge in [0.25, 0.3) is 5.91 Å². The van der Waals surface area contributed by atoms with Gasteiger partial charge in [-0.25, -0.2) is 9.78 Å². The van der Waals surface area contributed by atoms with E-state index in [1.807, 2.05) is 18.4 Å². The van der Waals surface area contributed by atoms with E-state index in [-0.39, 0.29) is 23.7 Å². The zero-order valence-corrected chi connectivity index (χ0v) is 12.2. The van der Waals surface area contributed by atoms with Gasteiger partial charge in [-0.1, -0.05) is 0 Å². The molecule has 0 bridgehead atoms. The number of aromatic nitrogens is 2. The van der Waals surface area contributed by atoms with Crippen molar-refractivity contribution >= 4 is 22.9 Å². The van der Waals surface area contributed by atoms with Crippen LogP contribution in [0.5, 0.6) is 0 Å². The normalized spacial score (nSPS) is 21.0. The summed E-state index contributed by atoms with van der Waals surface area (Å²) in [6.07, 6.45) is 0. The molecule has 0 fully saturated rings. The quantitative estimate of drug-likeness (QED) is 0.856. The number of rotatable bonds is 2. The summed E-state index contributed by atoms with van der Waals surface area (Å²) in [6.45, 7) is 6.03. The highest BCUT2D eigenvalue weighted by Crippen LogP contribution is 2.28. The Hall–Kier alpha value is -2.37. The molecule has 0 saturated heterocycles. The average Bonchev–Trinajstić information content (AvgIpc) is 2.84. The summed E-state index contributed by atoms with van der Waals surface area (Å²) in [5.41, 5.74) is 1.48. The van der Waals surface area contributed by atoms with Gasteiger partial charge >= 0.3 is 5.97 Å². The SMILES string of the molecule is CCOC(=O)c1ccc2cc3n(c2n1)[C@@H](C)[C@@H](C)NC3=O. The molecule has 1 amide bonds. The molecular formula is C15H17N3O3. The van der Waals surface area contributed by atoms with E-state index in [4.69, 9.17) is 4.74 Å². The molecule has 1 aliphatic rings. The molecule has 6 heteroatoms. The number of pyridine rings is 1. The largest absolute Gasteiger partial charge is 0.461 e. The lowest BCUT2D eigenvalue weighted by Gasteiger charge is -2.29. The fourth-order valence-electron chi connectivity index (χ4n) is 2.63. The predicted molar refractivity (Wildman–Crippen MR) is 77.3 cm³/mol. The van der Waals surface area contributed by atoms with Gasteiger partial charge in [-0.05, 0) is 39.0 Å². The van der Waals surface area contributed by atoms with E-state index in [0.29, 0.717) is 17.9 Å². The summed E-state index contributed by atoms with van der Waals surface area (Å²) in [6, 6.07) is 5.30. The lowest BCUT2D eigenvalue weighted by Crippen LogP contribution is -2.44. The number of amides is 1. The number of fused-ring (bicyclic) bond motifs is 3. The van der Waals surface area contributed by atoms with Gasteiger partial charge in [0.05, 0.1) is 12.6 Å². The van der Waals surface area contributed by atoms with Crippen molar-refractivity contribution in [2.24, 2.45) is 0 Å². The predicted octanol–water partition coefficient (Wildman–Crippen LogP) is 1.91. The van der Waals surface area contributed by atoms with Gasteiger partial charge in [0.15, 0.2) is 5.69 Å². The van der Waals surface area contributed by atoms with Crippen molar-refractivity contribution in [3.8, 4) is 0 Å². The molecule has 0 unspecified atom stereocenters. The molecule has 1 N–H and O–H groups in total. The zero-order chi connectivity index (χ0) is 15.1. The second-order valence-corrected chi connectivity index (χ2v) is 5.23. The zero-order valence-electron chi connectivity index (χ0n) is 12.2. The van der Waals surface area contributed by atoms with Crippen LogP contribution in [0.4, 0.5) is 0 Å². The van der Waals surface area contributed by atoms with Gasteiger partial charge in [0, 0.05) is 11.4 Å². The first-order chi connectivity index (χ1) is 10.0. The van der Waals surface area contributed by atoms with Crippen LogP contribution in [0, 0.1) is 0 Å². The fraction of sp³-hybridized carbons (Fsp3) is 0.400. The van der Waals surface area contributed by atoms with E-state index in [2.05, 4.69) is 10.3 Å². The van der Waals surface area contributed by atoms with Crippen molar-refractivity contribution in [3.05, 3.63) is 29.6 Å². The van der Waals surface area contributed by atoms with Crippen molar-refractivity contribution in [2.75, 3.05) is 6.61 Å². The fourth-order valence-corrected chi connectivity index (χ4v) is 2.63. The maximum absolute atomic E-state index is 12.1. The van der Waals surface area contributed by atoms with Crippen molar-refractivity contribution in [2.45, 2.75) is 32.9 Å². The van der Waals surface area contributed by atoms with E-state index in [1.54, 1.807) is 25.1 Å². The van der Waals surface area contributed by atoms with E-state index in [0.717, 1.165) is 5.39 Å². The third kappa shape index (κ3) is 2.07. The van der Waals surface area contributed by atoms with Crippen LogP contribution in [0.15, 0.2) is 18.2 Å². The maximum Gasteiger partial charge on any atom is 0.356 e. The minimum Gasteiger partial charge on any atom is -0.461 e. The number of carbonyl (C=O) groups is 2. The van der Waals surface area contributed by atoms with Crippen LogP contribution in [-0.2, 0) is 4.74 Å². The third-order valence-corrected chi connectivity index (χ3v) is 3.89. The summed E-state index contributed by atoms with van der Waals surface area (Å²) in [5.74, 6) is -0.563. The first-order valence-corrected chi connectivity index (χ1v) is 7.03. The van der Waals surface area contributed by atoms with Gasteiger partial charge in [-0.15, -0.1) is 0 Å². The lowest BCUT2D eigenvalue weighted by molar-refractivity contribution is 0.0519. The molecular weight excluding hydrogens is 270 g/mol. The summed E-state index contributed by atoms with van der Waals surface area (Å²) < 4.78 is 6.87. The van der Waals surface area contributed by atoms with Crippen LogP contribution in [0.25, 0.3) is 11.0 Å². The van der Waals surface area contributed by atoms with E-state index in [9.17, 15) is 9.59 Å². The molecule has 2 aromatic rings. The number of hydrogen-bond acceptors (Lipinski definition) is 4. The molecule has 2 aromatic heterocycles. The Labute approximate surface area is 122 Å². The topological polar surface area (TPSA) is 73.2 Å². The number of ether oxygens (including phenoxy) is 1. The Kier molecular flexibility index (Phi) is 3.16. The standard InChI is InChI=1S/C15H17N3O3/c1-4-21-15(20)11-6-5-10-7-12-14(19)16-8(2)9(3)18(12)13(10)17-11/h5-9H,4H2,1-3H3,(H,16,19)/t8-,9+/m1/s1. The number of carbonyl (C=O) groups excluding carboxylic acids is 2. The van der Waals surface area contributed by atoms with Crippen LogP contribution < -0.4 is 5.32 Å². The van der Waals surface area contributed by atoms with Crippen molar-refractivity contribution in [1.29, 1.82) is 0 Å². The van der Waals surface area contributed by atoms with Crippen LogP contribution in [0.1, 0.15) is 47.8 Å². The molecule has 0 saturated carbocycles. The van der Waals surface area contributed by atoms with Crippen molar-refractivity contribution < 1.29 is 14.3 Å². The van der Waals surface area contributed by atoms with Gasteiger partial charge in [0.1, 0.15) is 11.3 Å².